The highest BCUT2D eigenvalue weighted by Gasteiger charge is 2.04. The number of nitrogens with one attached hydrogen (secondary N) is 1. The molecule has 2 nitrogen and oxygen atoms in total. The molecule has 22 heavy (non-hydrogen) atoms. The average molecular weight is 307 g/mol. The van der Waals surface area contributed by atoms with E-state index in [1.54, 1.807) is 12.1 Å². The Kier molecular flexibility index (Phi) is 10.6. The maximum Gasteiger partial charge on any atom is 0.164 e. The number of ketones is 1. The Hall–Kier alpha value is -1.22. The van der Waals surface area contributed by atoms with E-state index in [1.165, 1.54) is 63.5 Å². The Balaban J connectivity index is 1.93. The van der Waals surface area contributed by atoms with Crippen LogP contribution in [0.15, 0.2) is 24.3 Å². The van der Waals surface area contributed by atoms with Gasteiger partial charge in [0, 0.05) is 18.5 Å². The molecule has 0 fully saturated rings. The third-order valence-corrected chi connectivity index (χ3v) is 3.90. The van der Waals surface area contributed by atoms with Gasteiger partial charge in [0.15, 0.2) is 5.78 Å². The predicted molar refractivity (Wildman–Crippen MR) is 90.8 cm³/mol. The quantitative estimate of drug-likeness (QED) is 0.404. The molecule has 0 aliphatic heterocycles. The standard InChI is InChI=1S/C19H30FNO/c1-2-3-4-5-6-7-8-9-15-21-16-14-19(22)17-10-12-18(20)13-11-17/h10-13,21H,2-9,14-16H2,1H3. The van der Waals surface area contributed by atoms with Gasteiger partial charge in [0.2, 0.25) is 0 Å². The van der Waals surface area contributed by atoms with Crippen LogP contribution in [0.2, 0.25) is 0 Å². The van der Waals surface area contributed by atoms with Crippen LogP contribution in [0.3, 0.4) is 0 Å². The second-order valence-corrected chi connectivity index (χ2v) is 5.90. The second-order valence-electron chi connectivity index (χ2n) is 5.90. The van der Waals surface area contributed by atoms with Gasteiger partial charge in [-0.15, -0.1) is 0 Å². The lowest BCUT2D eigenvalue weighted by Crippen LogP contribution is -2.19. The van der Waals surface area contributed by atoms with Gasteiger partial charge in [-0.05, 0) is 37.2 Å². The summed E-state index contributed by atoms with van der Waals surface area (Å²) in [6.07, 6.45) is 11.0. The molecule has 0 saturated heterocycles. The van der Waals surface area contributed by atoms with Crippen LogP contribution in [0, 0.1) is 5.82 Å². The van der Waals surface area contributed by atoms with Crippen LogP contribution in [0.25, 0.3) is 0 Å². The molecule has 0 bridgehead atoms. The van der Waals surface area contributed by atoms with Crippen LogP contribution in [-0.2, 0) is 0 Å². The molecule has 1 aromatic carbocycles. The molecule has 0 aromatic heterocycles. The van der Waals surface area contributed by atoms with Crippen molar-refractivity contribution in [1.29, 1.82) is 0 Å². The first-order valence-corrected chi connectivity index (χ1v) is 8.73. The molecule has 0 aliphatic rings. The number of carbonyl (C=O) groups is 1. The van der Waals surface area contributed by atoms with Crippen molar-refractivity contribution < 1.29 is 9.18 Å². The summed E-state index contributed by atoms with van der Waals surface area (Å²) >= 11 is 0. The molecular formula is C19H30FNO. The Labute approximate surface area is 134 Å². The Morgan fingerprint density at radius 3 is 2.14 bits per heavy atom. The molecular weight excluding hydrogens is 277 g/mol. The molecule has 0 atom stereocenters. The summed E-state index contributed by atoms with van der Waals surface area (Å²) in [6, 6.07) is 5.77. The van der Waals surface area contributed by atoms with Crippen LogP contribution < -0.4 is 5.32 Å². The minimum Gasteiger partial charge on any atom is -0.316 e. The van der Waals surface area contributed by atoms with Gasteiger partial charge in [-0.25, -0.2) is 4.39 Å². The fraction of sp³-hybridized carbons (Fsp3) is 0.632. The Morgan fingerprint density at radius 1 is 0.909 bits per heavy atom. The highest BCUT2D eigenvalue weighted by Crippen LogP contribution is 2.08. The fourth-order valence-corrected chi connectivity index (χ4v) is 2.49. The van der Waals surface area contributed by atoms with Crippen LogP contribution in [0.4, 0.5) is 4.39 Å². The van der Waals surface area contributed by atoms with Gasteiger partial charge in [0.25, 0.3) is 0 Å². The number of Topliss-reactive ketones (excluding diaryl/α,β-unsaturated/α-hetero) is 1. The van der Waals surface area contributed by atoms with Gasteiger partial charge in [-0.3, -0.25) is 4.79 Å². The summed E-state index contributed by atoms with van der Waals surface area (Å²) in [4.78, 5) is 11.9. The molecule has 0 saturated carbocycles. The number of unbranched alkanes of at least 4 members (excludes halogenated alkanes) is 7. The van der Waals surface area contributed by atoms with Gasteiger partial charge < -0.3 is 5.32 Å². The molecule has 1 N–H and O–H groups in total. The van der Waals surface area contributed by atoms with Crippen LogP contribution in [0.5, 0.6) is 0 Å². The van der Waals surface area contributed by atoms with Gasteiger partial charge in [-0.1, -0.05) is 51.9 Å². The van der Waals surface area contributed by atoms with Gasteiger partial charge in [-0.2, -0.15) is 0 Å². The van der Waals surface area contributed by atoms with E-state index in [1.807, 2.05) is 0 Å². The van der Waals surface area contributed by atoms with Crippen LogP contribution in [-0.4, -0.2) is 18.9 Å². The monoisotopic (exact) mass is 307 g/mol. The van der Waals surface area contributed by atoms with Crippen molar-refractivity contribution in [3.63, 3.8) is 0 Å². The van der Waals surface area contributed by atoms with Crippen molar-refractivity contribution in [2.45, 2.75) is 64.7 Å². The SMILES string of the molecule is CCCCCCCCCCNCCC(=O)c1ccc(F)cc1. The minimum atomic E-state index is -0.302. The lowest BCUT2D eigenvalue weighted by atomic mass is 10.1. The minimum absolute atomic E-state index is 0.0726. The number of halogens is 1. The molecule has 0 heterocycles. The largest absolute Gasteiger partial charge is 0.316 e. The number of carbonyl (C=O) groups excluding carboxylic acids is 1. The first kappa shape index (κ1) is 18.8. The third kappa shape index (κ3) is 8.93. The highest BCUT2D eigenvalue weighted by molar-refractivity contribution is 5.96. The Morgan fingerprint density at radius 2 is 1.50 bits per heavy atom. The smallest absolute Gasteiger partial charge is 0.164 e. The van der Waals surface area contributed by atoms with Crippen molar-refractivity contribution >= 4 is 5.78 Å². The van der Waals surface area contributed by atoms with Crippen molar-refractivity contribution in [3.8, 4) is 0 Å². The molecule has 124 valence electrons. The van der Waals surface area contributed by atoms with E-state index in [2.05, 4.69) is 12.2 Å². The lowest BCUT2D eigenvalue weighted by molar-refractivity contribution is 0.0982. The maximum atomic E-state index is 12.8. The lowest BCUT2D eigenvalue weighted by Gasteiger charge is -2.05. The average Bonchev–Trinajstić information content (AvgIpc) is 2.53. The molecule has 0 unspecified atom stereocenters. The van der Waals surface area contributed by atoms with Crippen molar-refractivity contribution in [3.05, 3.63) is 35.6 Å². The Bertz CT molecular complexity index is 402. The molecule has 3 heteroatoms. The number of hydrogen-bond acceptors (Lipinski definition) is 2. The van der Waals surface area contributed by atoms with Gasteiger partial charge >= 0.3 is 0 Å². The van der Waals surface area contributed by atoms with E-state index < -0.39 is 0 Å². The van der Waals surface area contributed by atoms with E-state index in [-0.39, 0.29) is 11.6 Å². The summed E-state index contributed by atoms with van der Waals surface area (Å²) in [5.41, 5.74) is 0.593. The van der Waals surface area contributed by atoms with E-state index in [0.717, 1.165) is 6.54 Å². The van der Waals surface area contributed by atoms with E-state index >= 15 is 0 Å². The molecule has 0 amide bonds. The highest BCUT2D eigenvalue weighted by atomic mass is 19.1. The summed E-state index contributed by atoms with van der Waals surface area (Å²) < 4.78 is 12.8. The third-order valence-electron chi connectivity index (χ3n) is 3.90. The number of rotatable bonds is 13. The van der Waals surface area contributed by atoms with Crippen molar-refractivity contribution in [1.82, 2.24) is 5.32 Å². The summed E-state index contributed by atoms with van der Waals surface area (Å²) in [6.45, 7) is 3.92. The topological polar surface area (TPSA) is 29.1 Å². The second kappa shape index (κ2) is 12.3. The van der Waals surface area contributed by atoms with E-state index in [9.17, 15) is 9.18 Å². The number of benzene rings is 1. The zero-order chi connectivity index (χ0) is 16.0. The first-order chi connectivity index (χ1) is 10.7. The summed E-state index contributed by atoms with van der Waals surface area (Å²) in [7, 11) is 0. The molecule has 0 spiro atoms. The zero-order valence-electron chi connectivity index (χ0n) is 13.9. The van der Waals surface area contributed by atoms with E-state index in [0.29, 0.717) is 18.5 Å². The van der Waals surface area contributed by atoms with E-state index in [4.69, 9.17) is 0 Å². The molecule has 1 rings (SSSR count). The number of hydrogen-bond donors (Lipinski definition) is 1. The molecule has 1 aromatic rings. The molecule has 0 aliphatic carbocycles. The summed E-state index contributed by atoms with van der Waals surface area (Å²) in [5, 5.41) is 3.31. The predicted octanol–water partition coefficient (Wildman–Crippen LogP) is 5.13. The normalized spacial score (nSPS) is 10.8. The zero-order valence-corrected chi connectivity index (χ0v) is 13.9. The summed E-state index contributed by atoms with van der Waals surface area (Å²) in [5.74, 6) is -0.229. The van der Waals surface area contributed by atoms with Gasteiger partial charge in [0.05, 0.1) is 0 Å². The maximum absolute atomic E-state index is 12.8. The van der Waals surface area contributed by atoms with Crippen molar-refractivity contribution in [2.24, 2.45) is 0 Å². The van der Waals surface area contributed by atoms with Gasteiger partial charge in [0.1, 0.15) is 5.82 Å². The van der Waals surface area contributed by atoms with Crippen LogP contribution >= 0.6 is 0 Å². The van der Waals surface area contributed by atoms with Crippen LogP contribution in [0.1, 0.15) is 75.1 Å². The first-order valence-electron chi connectivity index (χ1n) is 8.73. The fourth-order valence-electron chi connectivity index (χ4n) is 2.49. The molecule has 0 radical (unpaired) electrons. The van der Waals surface area contributed by atoms with Crippen molar-refractivity contribution in [2.75, 3.05) is 13.1 Å².